The number of nitrogens with two attached hydrogens (primary N) is 1. The van der Waals surface area contributed by atoms with Gasteiger partial charge in [-0.25, -0.2) is 8.78 Å². The number of benzene rings is 1. The predicted molar refractivity (Wildman–Crippen MR) is 69.6 cm³/mol. The summed E-state index contributed by atoms with van der Waals surface area (Å²) in [4.78, 5) is 0. The average molecular weight is 272 g/mol. The first-order chi connectivity index (χ1) is 8.56. The maximum atomic E-state index is 13.6. The first-order valence-electron chi connectivity index (χ1n) is 5.74. The van der Waals surface area contributed by atoms with Gasteiger partial charge in [0.05, 0.1) is 6.61 Å². The Morgan fingerprint density at radius 3 is 2.44 bits per heavy atom. The van der Waals surface area contributed by atoms with Crippen molar-refractivity contribution < 1.29 is 13.5 Å². The van der Waals surface area contributed by atoms with Crippen molar-refractivity contribution in [2.24, 2.45) is 11.7 Å². The summed E-state index contributed by atoms with van der Waals surface area (Å²) in [6.45, 7) is 0.357. The molecule has 0 radical (unpaired) electrons. The maximum Gasteiger partial charge on any atom is 0.190 e. The topological polar surface area (TPSA) is 47.3 Å². The molecule has 0 unspecified atom stereocenters. The summed E-state index contributed by atoms with van der Waals surface area (Å²) >= 11 is 4.60. The molecule has 1 aromatic rings. The molecule has 6 heteroatoms. The second-order valence-corrected chi connectivity index (χ2v) is 4.81. The van der Waals surface area contributed by atoms with Crippen LogP contribution in [-0.2, 0) is 0 Å². The second-order valence-electron chi connectivity index (χ2n) is 4.37. The van der Waals surface area contributed by atoms with Gasteiger partial charge in [-0.3, -0.25) is 0 Å². The highest BCUT2D eigenvalue weighted by atomic mass is 32.1. The lowest BCUT2D eigenvalue weighted by molar-refractivity contribution is 0.170. The quantitative estimate of drug-likeness (QED) is 0.827. The average Bonchev–Trinajstić information content (AvgIpc) is 2.18. The number of anilines is 1. The van der Waals surface area contributed by atoms with Crippen molar-refractivity contribution in [3.8, 4) is 5.75 Å². The molecule has 3 nitrogen and oxygen atoms in total. The van der Waals surface area contributed by atoms with Gasteiger partial charge in [-0.15, -0.1) is 0 Å². The zero-order chi connectivity index (χ0) is 13.1. The van der Waals surface area contributed by atoms with Gasteiger partial charge in [-0.2, -0.15) is 0 Å². The van der Waals surface area contributed by atoms with Crippen molar-refractivity contribution in [1.82, 2.24) is 0 Å². The first kappa shape index (κ1) is 13.0. The molecular formula is C12H14F2N2OS. The molecule has 1 fully saturated rings. The van der Waals surface area contributed by atoms with Crippen LogP contribution in [0.25, 0.3) is 0 Å². The Bertz CT molecular complexity index is 440. The van der Waals surface area contributed by atoms with Crippen LogP contribution in [0.3, 0.4) is 0 Å². The Balaban J connectivity index is 2.07. The van der Waals surface area contributed by atoms with Gasteiger partial charge < -0.3 is 15.8 Å². The van der Waals surface area contributed by atoms with E-state index < -0.39 is 11.6 Å². The van der Waals surface area contributed by atoms with Gasteiger partial charge in [-0.1, -0.05) is 6.42 Å². The molecular weight excluding hydrogens is 258 g/mol. The number of hydrogen-bond acceptors (Lipinski definition) is 2. The Kier molecular flexibility index (Phi) is 3.96. The molecule has 0 aliphatic heterocycles. The summed E-state index contributed by atoms with van der Waals surface area (Å²) in [5.41, 5.74) is 5.41. The fourth-order valence-electron chi connectivity index (χ4n) is 1.77. The van der Waals surface area contributed by atoms with E-state index >= 15 is 0 Å². The maximum absolute atomic E-state index is 13.6. The van der Waals surface area contributed by atoms with Gasteiger partial charge in [0.25, 0.3) is 0 Å². The number of thiocarbonyl (C=S) groups is 1. The van der Waals surface area contributed by atoms with Crippen LogP contribution in [0.4, 0.5) is 14.5 Å². The lowest BCUT2D eigenvalue weighted by Gasteiger charge is -2.25. The van der Waals surface area contributed by atoms with E-state index in [4.69, 9.17) is 10.5 Å². The van der Waals surface area contributed by atoms with Crippen molar-refractivity contribution in [3.63, 3.8) is 0 Å². The standard InChI is InChI=1S/C12H14F2N2OS/c13-9-4-8(16-12(15)18)5-10(14)11(9)17-6-7-2-1-3-7/h4-5,7H,1-3,6H2,(H3,15,16,18). The first-order valence-corrected chi connectivity index (χ1v) is 6.15. The minimum Gasteiger partial charge on any atom is -0.487 e. The van der Waals surface area contributed by atoms with E-state index in [-0.39, 0.29) is 16.5 Å². The predicted octanol–water partition coefficient (Wildman–Crippen LogP) is 2.80. The van der Waals surface area contributed by atoms with Crippen molar-refractivity contribution >= 4 is 23.0 Å². The third kappa shape index (κ3) is 3.07. The Morgan fingerprint density at radius 2 is 2.00 bits per heavy atom. The molecule has 0 amide bonds. The molecule has 0 aromatic heterocycles. The van der Waals surface area contributed by atoms with Gasteiger partial charge in [-0.05, 0) is 31.0 Å². The molecule has 0 heterocycles. The van der Waals surface area contributed by atoms with E-state index in [0.717, 1.165) is 31.4 Å². The summed E-state index contributed by atoms with van der Waals surface area (Å²) in [5, 5.41) is 2.43. The Morgan fingerprint density at radius 1 is 1.39 bits per heavy atom. The number of rotatable bonds is 4. The van der Waals surface area contributed by atoms with Crippen LogP contribution in [0.1, 0.15) is 19.3 Å². The highest BCUT2D eigenvalue weighted by Crippen LogP contribution is 2.30. The third-order valence-corrected chi connectivity index (χ3v) is 3.06. The van der Waals surface area contributed by atoms with Crippen LogP contribution in [-0.4, -0.2) is 11.7 Å². The van der Waals surface area contributed by atoms with Gasteiger partial charge in [0.15, 0.2) is 22.5 Å². The molecule has 3 N–H and O–H groups in total. The third-order valence-electron chi connectivity index (χ3n) is 2.95. The molecule has 1 aliphatic rings. The van der Waals surface area contributed by atoms with Gasteiger partial charge >= 0.3 is 0 Å². The zero-order valence-corrected chi connectivity index (χ0v) is 10.5. The fraction of sp³-hybridized carbons (Fsp3) is 0.417. The number of hydrogen-bond donors (Lipinski definition) is 2. The van der Waals surface area contributed by atoms with E-state index in [9.17, 15) is 8.78 Å². The highest BCUT2D eigenvalue weighted by Gasteiger charge is 2.20. The SMILES string of the molecule is NC(=S)Nc1cc(F)c(OCC2CCC2)c(F)c1. The minimum atomic E-state index is -0.756. The van der Waals surface area contributed by atoms with E-state index in [1.165, 1.54) is 0 Å². The summed E-state index contributed by atoms with van der Waals surface area (Å²) in [6.07, 6.45) is 3.28. The van der Waals surface area contributed by atoms with Crippen molar-refractivity contribution in [1.29, 1.82) is 0 Å². The van der Waals surface area contributed by atoms with E-state index in [0.29, 0.717) is 12.5 Å². The lowest BCUT2D eigenvalue weighted by atomic mass is 9.86. The van der Waals surface area contributed by atoms with Crippen LogP contribution in [0.15, 0.2) is 12.1 Å². The zero-order valence-electron chi connectivity index (χ0n) is 9.71. The number of nitrogens with one attached hydrogen (secondary N) is 1. The van der Waals surface area contributed by atoms with Gasteiger partial charge in [0.2, 0.25) is 0 Å². The molecule has 18 heavy (non-hydrogen) atoms. The highest BCUT2D eigenvalue weighted by molar-refractivity contribution is 7.80. The molecule has 0 saturated heterocycles. The van der Waals surface area contributed by atoms with Crippen LogP contribution in [0.5, 0.6) is 5.75 Å². The lowest BCUT2D eigenvalue weighted by Crippen LogP contribution is -2.21. The minimum absolute atomic E-state index is 0.0445. The molecule has 1 aromatic carbocycles. The summed E-state index contributed by atoms with van der Waals surface area (Å²) in [5.74, 6) is -1.44. The van der Waals surface area contributed by atoms with Crippen LogP contribution >= 0.6 is 12.2 Å². The van der Waals surface area contributed by atoms with Crippen LogP contribution in [0.2, 0.25) is 0 Å². The molecule has 2 rings (SSSR count). The van der Waals surface area contributed by atoms with Crippen molar-refractivity contribution in [2.45, 2.75) is 19.3 Å². The second kappa shape index (κ2) is 5.48. The molecule has 98 valence electrons. The van der Waals surface area contributed by atoms with Gasteiger partial charge in [0, 0.05) is 17.8 Å². The Labute approximate surface area is 109 Å². The fourth-order valence-corrected chi connectivity index (χ4v) is 1.89. The molecule has 1 saturated carbocycles. The monoisotopic (exact) mass is 272 g/mol. The van der Waals surface area contributed by atoms with E-state index in [2.05, 4.69) is 17.5 Å². The summed E-state index contributed by atoms with van der Waals surface area (Å²) in [7, 11) is 0. The largest absolute Gasteiger partial charge is 0.487 e. The van der Waals surface area contributed by atoms with Crippen molar-refractivity contribution in [3.05, 3.63) is 23.8 Å². The van der Waals surface area contributed by atoms with Gasteiger partial charge in [0.1, 0.15) is 0 Å². The molecule has 1 aliphatic carbocycles. The van der Waals surface area contributed by atoms with Crippen LogP contribution in [0, 0.1) is 17.6 Å². The number of ether oxygens (including phenoxy) is 1. The molecule has 0 bridgehead atoms. The smallest absolute Gasteiger partial charge is 0.190 e. The Hall–Kier alpha value is -1.43. The van der Waals surface area contributed by atoms with E-state index in [1.54, 1.807) is 0 Å². The molecule has 0 spiro atoms. The molecule has 0 atom stereocenters. The van der Waals surface area contributed by atoms with Crippen LogP contribution < -0.4 is 15.8 Å². The summed E-state index contributed by atoms with van der Waals surface area (Å²) in [6, 6.07) is 2.22. The normalized spacial score (nSPS) is 15.0. The summed E-state index contributed by atoms with van der Waals surface area (Å²) < 4.78 is 32.5. The van der Waals surface area contributed by atoms with Crippen molar-refractivity contribution in [2.75, 3.05) is 11.9 Å². The van der Waals surface area contributed by atoms with E-state index in [1.807, 2.05) is 0 Å². The number of halogens is 2.